The normalized spacial score (nSPS) is 17.9. The van der Waals surface area contributed by atoms with Gasteiger partial charge in [-0.05, 0) is 24.3 Å². The molecule has 0 spiro atoms. The molecule has 1 unspecified atom stereocenters. The first-order valence-electron chi connectivity index (χ1n) is 5.73. The van der Waals surface area contributed by atoms with Crippen LogP contribution in [0.3, 0.4) is 0 Å². The Bertz CT molecular complexity index is 457. The van der Waals surface area contributed by atoms with Crippen LogP contribution in [0.25, 0.3) is 0 Å². The highest BCUT2D eigenvalue weighted by Gasteiger charge is 2.28. The lowest BCUT2D eigenvalue weighted by Crippen LogP contribution is -2.29. The number of sulfonamides is 1. The molecule has 1 aromatic rings. The van der Waals surface area contributed by atoms with Gasteiger partial charge in [-0.1, -0.05) is 46.3 Å². The topological polar surface area (TPSA) is 46.2 Å². The molecule has 5 heteroatoms. The van der Waals surface area contributed by atoms with Crippen LogP contribution < -0.4 is 4.72 Å². The third kappa shape index (κ3) is 4.41. The molecule has 0 bridgehead atoms. The lowest BCUT2D eigenvalue weighted by atomic mass is 10.2. The molecule has 17 heavy (non-hydrogen) atoms. The second-order valence-electron chi connectivity index (χ2n) is 4.45. The Kier molecular flexibility index (Phi) is 4.22. The molecule has 1 aromatic carbocycles. The van der Waals surface area contributed by atoms with Gasteiger partial charge in [0.2, 0.25) is 10.0 Å². The number of halogens is 1. The molecule has 0 amide bonds. The van der Waals surface area contributed by atoms with Crippen molar-refractivity contribution in [3.8, 4) is 0 Å². The van der Waals surface area contributed by atoms with E-state index in [4.69, 9.17) is 0 Å². The Balaban J connectivity index is 1.85. The second-order valence-corrected chi connectivity index (χ2v) is 7.41. The zero-order valence-electron chi connectivity index (χ0n) is 9.47. The summed E-state index contributed by atoms with van der Waals surface area (Å²) < 4.78 is 26.0. The number of hydrogen-bond donors (Lipinski definition) is 1. The van der Waals surface area contributed by atoms with Crippen molar-refractivity contribution in [3.05, 3.63) is 35.9 Å². The van der Waals surface area contributed by atoms with E-state index in [0.29, 0.717) is 12.5 Å². The maximum atomic E-state index is 11.7. The summed E-state index contributed by atoms with van der Waals surface area (Å²) in [6.07, 6.45) is 2.11. The minimum Gasteiger partial charge on any atom is -0.214 e. The van der Waals surface area contributed by atoms with E-state index in [2.05, 4.69) is 20.7 Å². The Labute approximate surface area is 111 Å². The molecule has 3 nitrogen and oxygen atoms in total. The number of nitrogens with one attached hydrogen (secondary N) is 1. The SMILES string of the molecule is O=S(=O)(CC1CC1)NCC(Br)c1ccccc1. The summed E-state index contributed by atoms with van der Waals surface area (Å²) in [5, 5.41) is 0. The molecule has 1 aliphatic carbocycles. The first-order chi connectivity index (χ1) is 8.07. The monoisotopic (exact) mass is 317 g/mol. The van der Waals surface area contributed by atoms with E-state index in [-0.39, 0.29) is 10.6 Å². The van der Waals surface area contributed by atoms with Crippen LogP contribution in [-0.2, 0) is 10.0 Å². The molecule has 1 saturated carbocycles. The van der Waals surface area contributed by atoms with Crippen LogP contribution in [0.4, 0.5) is 0 Å². The first kappa shape index (κ1) is 13.1. The molecular weight excluding hydrogens is 302 g/mol. The second kappa shape index (κ2) is 5.50. The van der Waals surface area contributed by atoms with Gasteiger partial charge in [0.25, 0.3) is 0 Å². The number of rotatable bonds is 6. The molecule has 94 valence electrons. The van der Waals surface area contributed by atoms with Gasteiger partial charge < -0.3 is 0 Å². The van der Waals surface area contributed by atoms with Crippen LogP contribution in [-0.4, -0.2) is 20.7 Å². The van der Waals surface area contributed by atoms with E-state index in [1.807, 2.05) is 30.3 Å². The van der Waals surface area contributed by atoms with Gasteiger partial charge in [-0.2, -0.15) is 0 Å². The Hall–Kier alpha value is -0.390. The molecule has 1 fully saturated rings. The quantitative estimate of drug-likeness (QED) is 0.819. The number of hydrogen-bond acceptors (Lipinski definition) is 2. The van der Waals surface area contributed by atoms with E-state index in [9.17, 15) is 8.42 Å². The van der Waals surface area contributed by atoms with E-state index in [0.717, 1.165) is 18.4 Å². The van der Waals surface area contributed by atoms with Gasteiger partial charge >= 0.3 is 0 Å². The third-order valence-electron chi connectivity index (χ3n) is 2.80. The van der Waals surface area contributed by atoms with Crippen molar-refractivity contribution >= 4 is 26.0 Å². The van der Waals surface area contributed by atoms with Crippen LogP contribution in [0.1, 0.15) is 23.2 Å². The van der Waals surface area contributed by atoms with Gasteiger partial charge in [-0.25, -0.2) is 13.1 Å². The number of alkyl halides is 1. The van der Waals surface area contributed by atoms with Crippen molar-refractivity contribution in [2.24, 2.45) is 5.92 Å². The van der Waals surface area contributed by atoms with Crippen molar-refractivity contribution in [3.63, 3.8) is 0 Å². The molecule has 1 N–H and O–H groups in total. The van der Waals surface area contributed by atoms with Crippen LogP contribution in [0.15, 0.2) is 30.3 Å². The van der Waals surface area contributed by atoms with E-state index < -0.39 is 10.0 Å². The van der Waals surface area contributed by atoms with Crippen LogP contribution in [0, 0.1) is 5.92 Å². The highest BCUT2D eigenvalue weighted by Crippen LogP contribution is 2.30. The lowest BCUT2D eigenvalue weighted by molar-refractivity contribution is 0.577. The predicted octanol–water partition coefficient (Wildman–Crippen LogP) is 2.45. The zero-order chi connectivity index (χ0) is 12.3. The van der Waals surface area contributed by atoms with Gasteiger partial charge in [0.1, 0.15) is 0 Å². The highest BCUT2D eigenvalue weighted by molar-refractivity contribution is 9.09. The molecule has 0 heterocycles. The largest absolute Gasteiger partial charge is 0.214 e. The van der Waals surface area contributed by atoms with E-state index in [1.165, 1.54) is 0 Å². The molecule has 0 radical (unpaired) electrons. The summed E-state index contributed by atoms with van der Waals surface area (Å²) >= 11 is 3.49. The standard InChI is InChI=1S/C12H16BrNO2S/c13-12(11-4-2-1-3-5-11)8-14-17(15,16)9-10-6-7-10/h1-5,10,12,14H,6-9H2. The van der Waals surface area contributed by atoms with Crippen LogP contribution >= 0.6 is 15.9 Å². The van der Waals surface area contributed by atoms with Crippen molar-refractivity contribution < 1.29 is 8.42 Å². The molecule has 1 atom stereocenters. The fourth-order valence-corrected chi connectivity index (χ4v) is 3.81. The molecular formula is C12H16BrNO2S. The highest BCUT2D eigenvalue weighted by atomic mass is 79.9. The summed E-state index contributed by atoms with van der Waals surface area (Å²) in [4.78, 5) is 0.0256. The summed E-state index contributed by atoms with van der Waals surface area (Å²) in [5.41, 5.74) is 1.08. The predicted molar refractivity (Wildman–Crippen MR) is 72.6 cm³/mol. The Morgan fingerprint density at radius 1 is 1.29 bits per heavy atom. The summed E-state index contributed by atoms with van der Waals surface area (Å²) in [6.45, 7) is 0.402. The van der Waals surface area contributed by atoms with Gasteiger partial charge in [0.15, 0.2) is 0 Å². The summed E-state index contributed by atoms with van der Waals surface area (Å²) in [6, 6.07) is 9.80. The lowest BCUT2D eigenvalue weighted by Gasteiger charge is -2.11. The van der Waals surface area contributed by atoms with Gasteiger partial charge in [0.05, 0.1) is 10.6 Å². The summed E-state index contributed by atoms with van der Waals surface area (Å²) in [5.74, 6) is 0.666. The Morgan fingerprint density at radius 2 is 1.94 bits per heavy atom. The van der Waals surface area contributed by atoms with Crippen LogP contribution in [0.5, 0.6) is 0 Å². The number of benzene rings is 1. The van der Waals surface area contributed by atoms with Gasteiger partial charge in [-0.15, -0.1) is 0 Å². The molecule has 0 saturated heterocycles. The molecule has 0 aromatic heterocycles. The first-order valence-corrected chi connectivity index (χ1v) is 8.30. The minimum atomic E-state index is -3.10. The molecule has 0 aliphatic heterocycles. The Morgan fingerprint density at radius 3 is 2.53 bits per heavy atom. The fraction of sp³-hybridized carbons (Fsp3) is 0.500. The smallest absolute Gasteiger partial charge is 0.211 e. The average Bonchev–Trinajstić information content (AvgIpc) is 3.10. The maximum Gasteiger partial charge on any atom is 0.211 e. The summed E-state index contributed by atoms with van der Waals surface area (Å²) in [7, 11) is -3.10. The van der Waals surface area contributed by atoms with Crippen molar-refractivity contribution in [2.45, 2.75) is 17.7 Å². The van der Waals surface area contributed by atoms with Gasteiger partial charge in [-0.3, -0.25) is 0 Å². The third-order valence-corrected chi connectivity index (χ3v) is 5.16. The molecule has 2 rings (SSSR count). The van der Waals surface area contributed by atoms with Crippen molar-refractivity contribution in [1.82, 2.24) is 4.72 Å². The minimum absolute atomic E-state index is 0.0256. The van der Waals surface area contributed by atoms with Crippen molar-refractivity contribution in [1.29, 1.82) is 0 Å². The van der Waals surface area contributed by atoms with Crippen molar-refractivity contribution in [2.75, 3.05) is 12.3 Å². The average molecular weight is 318 g/mol. The zero-order valence-corrected chi connectivity index (χ0v) is 11.9. The van der Waals surface area contributed by atoms with Gasteiger partial charge in [0, 0.05) is 6.54 Å². The molecule has 1 aliphatic rings. The van der Waals surface area contributed by atoms with E-state index in [1.54, 1.807) is 0 Å². The maximum absolute atomic E-state index is 11.7. The van der Waals surface area contributed by atoms with E-state index >= 15 is 0 Å². The fourth-order valence-electron chi connectivity index (χ4n) is 1.63. The van der Waals surface area contributed by atoms with Crippen LogP contribution in [0.2, 0.25) is 0 Å².